The van der Waals surface area contributed by atoms with Crippen molar-refractivity contribution in [2.24, 2.45) is 0 Å². The predicted octanol–water partition coefficient (Wildman–Crippen LogP) is 3.55. The number of hydrogen-bond acceptors (Lipinski definition) is 4. The lowest BCUT2D eigenvalue weighted by Gasteiger charge is -2.20. The van der Waals surface area contributed by atoms with Gasteiger partial charge < -0.3 is 5.32 Å². The first-order valence-corrected chi connectivity index (χ1v) is 10.5. The van der Waals surface area contributed by atoms with Gasteiger partial charge in [0.25, 0.3) is 0 Å². The van der Waals surface area contributed by atoms with Gasteiger partial charge in [0.15, 0.2) is 11.6 Å². The van der Waals surface area contributed by atoms with Crippen LogP contribution in [-0.4, -0.2) is 38.8 Å². The largest absolute Gasteiger partial charge is 0.325 e. The van der Waals surface area contributed by atoms with E-state index in [4.69, 9.17) is 11.6 Å². The molecule has 0 aliphatic carbocycles. The van der Waals surface area contributed by atoms with Crippen molar-refractivity contribution < 1.29 is 22.0 Å². The number of halogens is 3. The van der Waals surface area contributed by atoms with E-state index in [9.17, 15) is 22.0 Å². The molecule has 0 radical (unpaired) electrons. The number of sulfonamides is 1. The van der Waals surface area contributed by atoms with E-state index >= 15 is 0 Å². The number of nitrogens with zero attached hydrogens (tertiary/aromatic N) is 1. The van der Waals surface area contributed by atoms with E-state index < -0.39 is 39.6 Å². The maximum absolute atomic E-state index is 13.4. The van der Waals surface area contributed by atoms with E-state index in [2.05, 4.69) is 10.6 Å². The Morgan fingerprint density at radius 2 is 1.72 bits per heavy atom. The first kappa shape index (κ1) is 23.2. The van der Waals surface area contributed by atoms with Gasteiger partial charge in [-0.1, -0.05) is 17.7 Å². The lowest BCUT2D eigenvalue weighted by Crippen LogP contribution is -2.39. The quantitative estimate of drug-likeness (QED) is 0.683. The zero-order valence-electron chi connectivity index (χ0n) is 16.3. The second kappa shape index (κ2) is 9.17. The molecule has 6 nitrogen and oxygen atoms in total. The highest BCUT2D eigenvalue weighted by molar-refractivity contribution is 7.89. The lowest BCUT2D eigenvalue weighted by atomic mass is 10.1. The van der Waals surface area contributed by atoms with E-state index in [1.54, 1.807) is 13.8 Å². The van der Waals surface area contributed by atoms with Crippen molar-refractivity contribution >= 4 is 33.2 Å². The fraction of sp³-hybridized carbons (Fsp3) is 0.316. The molecule has 0 bridgehead atoms. The van der Waals surface area contributed by atoms with Gasteiger partial charge in [0, 0.05) is 25.8 Å². The highest BCUT2D eigenvalue weighted by atomic mass is 35.5. The first-order chi connectivity index (χ1) is 13.4. The number of hydrogen-bond donors (Lipinski definition) is 2. The molecule has 0 aliphatic rings. The molecular formula is C19H22ClF2N3O3S. The Hall–Kier alpha value is -2.07. The summed E-state index contributed by atoms with van der Waals surface area (Å²) in [5, 5.41) is 5.64. The van der Waals surface area contributed by atoms with Crippen molar-refractivity contribution in [1.29, 1.82) is 0 Å². The van der Waals surface area contributed by atoms with Gasteiger partial charge in [0.05, 0.1) is 11.1 Å². The molecule has 0 aliphatic heterocycles. The SMILES string of the molecule is C[C@H](N[C@H](C)c1ccc(F)c(F)c1)C(=O)Nc1ccc(Cl)c(S(=O)(=O)N(C)C)c1. The van der Waals surface area contributed by atoms with Gasteiger partial charge in [0.2, 0.25) is 15.9 Å². The molecule has 158 valence electrons. The van der Waals surface area contributed by atoms with E-state index in [1.165, 1.54) is 38.4 Å². The van der Waals surface area contributed by atoms with Crippen molar-refractivity contribution in [3.63, 3.8) is 0 Å². The second-order valence-electron chi connectivity index (χ2n) is 6.71. The Bertz CT molecular complexity index is 1020. The van der Waals surface area contributed by atoms with Gasteiger partial charge in [-0.15, -0.1) is 0 Å². The van der Waals surface area contributed by atoms with Crippen LogP contribution in [0.2, 0.25) is 5.02 Å². The van der Waals surface area contributed by atoms with Crippen LogP contribution < -0.4 is 10.6 Å². The Kier molecular flexibility index (Phi) is 7.34. The number of benzene rings is 2. The maximum Gasteiger partial charge on any atom is 0.244 e. The fourth-order valence-electron chi connectivity index (χ4n) is 2.55. The average molecular weight is 446 g/mol. The monoisotopic (exact) mass is 445 g/mol. The number of carbonyl (C=O) groups excluding carboxylic acids is 1. The summed E-state index contributed by atoms with van der Waals surface area (Å²) in [5.41, 5.74) is 0.739. The zero-order chi connectivity index (χ0) is 21.9. The third-order valence-electron chi connectivity index (χ3n) is 4.29. The normalized spacial score (nSPS) is 13.9. The van der Waals surface area contributed by atoms with Crippen LogP contribution in [0.3, 0.4) is 0 Å². The van der Waals surface area contributed by atoms with E-state index in [1.807, 2.05) is 0 Å². The molecule has 0 saturated heterocycles. The van der Waals surface area contributed by atoms with Gasteiger partial charge in [0.1, 0.15) is 4.90 Å². The van der Waals surface area contributed by atoms with Crippen LogP contribution in [0.15, 0.2) is 41.3 Å². The molecule has 2 aromatic carbocycles. The van der Waals surface area contributed by atoms with Crippen molar-refractivity contribution in [2.45, 2.75) is 30.8 Å². The van der Waals surface area contributed by atoms with Crippen LogP contribution in [0.4, 0.5) is 14.5 Å². The Morgan fingerprint density at radius 3 is 2.31 bits per heavy atom. The molecule has 2 atom stereocenters. The summed E-state index contributed by atoms with van der Waals surface area (Å²) in [4.78, 5) is 12.4. The van der Waals surface area contributed by atoms with Crippen molar-refractivity contribution in [3.8, 4) is 0 Å². The van der Waals surface area contributed by atoms with E-state index in [-0.39, 0.29) is 15.6 Å². The summed E-state index contributed by atoms with van der Waals surface area (Å²) in [6.07, 6.45) is 0. The van der Waals surface area contributed by atoms with Crippen LogP contribution >= 0.6 is 11.6 Å². The van der Waals surface area contributed by atoms with Gasteiger partial charge in [-0.2, -0.15) is 0 Å². The predicted molar refractivity (Wildman–Crippen MR) is 108 cm³/mol. The van der Waals surface area contributed by atoms with Crippen LogP contribution in [-0.2, 0) is 14.8 Å². The van der Waals surface area contributed by atoms with Gasteiger partial charge in [-0.25, -0.2) is 21.5 Å². The number of rotatable bonds is 7. The van der Waals surface area contributed by atoms with E-state index in [0.29, 0.717) is 5.56 Å². The summed E-state index contributed by atoms with van der Waals surface area (Å²) >= 11 is 6.00. The van der Waals surface area contributed by atoms with Gasteiger partial charge in [-0.05, 0) is 49.7 Å². The first-order valence-electron chi connectivity index (χ1n) is 8.67. The van der Waals surface area contributed by atoms with Gasteiger partial charge in [-0.3, -0.25) is 10.1 Å². The minimum Gasteiger partial charge on any atom is -0.325 e. The molecule has 0 heterocycles. The summed E-state index contributed by atoms with van der Waals surface area (Å²) in [6, 6.07) is 6.53. The average Bonchev–Trinajstić information content (AvgIpc) is 2.64. The van der Waals surface area contributed by atoms with Crippen molar-refractivity contribution in [2.75, 3.05) is 19.4 Å². The highest BCUT2D eigenvalue weighted by Crippen LogP contribution is 2.27. The molecular weight excluding hydrogens is 424 g/mol. The molecule has 0 aromatic heterocycles. The summed E-state index contributed by atoms with van der Waals surface area (Å²) in [6.45, 7) is 3.31. The molecule has 2 aromatic rings. The molecule has 0 fully saturated rings. The number of anilines is 1. The van der Waals surface area contributed by atoms with Crippen LogP contribution in [0, 0.1) is 11.6 Å². The molecule has 0 unspecified atom stereocenters. The highest BCUT2D eigenvalue weighted by Gasteiger charge is 2.22. The second-order valence-corrected chi connectivity index (χ2v) is 9.23. The molecule has 0 saturated carbocycles. The number of carbonyl (C=O) groups is 1. The van der Waals surface area contributed by atoms with Crippen LogP contribution in [0.1, 0.15) is 25.5 Å². The topological polar surface area (TPSA) is 78.5 Å². The smallest absolute Gasteiger partial charge is 0.244 e. The van der Waals surface area contributed by atoms with Crippen molar-refractivity contribution in [3.05, 3.63) is 58.6 Å². The molecule has 2 rings (SSSR count). The molecule has 1 amide bonds. The summed E-state index contributed by atoms with van der Waals surface area (Å²) in [7, 11) is -1.03. The summed E-state index contributed by atoms with van der Waals surface area (Å²) < 4.78 is 52.2. The Morgan fingerprint density at radius 1 is 1.07 bits per heavy atom. The summed E-state index contributed by atoms with van der Waals surface area (Å²) in [5.74, 6) is -2.35. The molecule has 2 N–H and O–H groups in total. The molecule has 29 heavy (non-hydrogen) atoms. The standard InChI is InChI=1S/C19H22ClF2N3O3S/c1-11(13-5-8-16(21)17(22)9-13)23-12(2)19(26)24-14-6-7-15(20)18(10-14)29(27,28)25(3)4/h5-12,23H,1-4H3,(H,24,26)/t11-,12+/m1/s1. The van der Waals surface area contributed by atoms with E-state index in [0.717, 1.165) is 16.4 Å². The van der Waals surface area contributed by atoms with Gasteiger partial charge >= 0.3 is 0 Å². The molecule has 10 heteroatoms. The Balaban J connectivity index is 2.12. The van der Waals surface area contributed by atoms with Crippen molar-refractivity contribution in [1.82, 2.24) is 9.62 Å². The molecule has 0 spiro atoms. The third-order valence-corrected chi connectivity index (χ3v) is 6.59. The zero-order valence-corrected chi connectivity index (χ0v) is 17.9. The fourth-order valence-corrected chi connectivity index (χ4v) is 3.95. The third kappa shape index (κ3) is 5.51. The number of amides is 1. The van der Waals surface area contributed by atoms with Crippen LogP contribution in [0.5, 0.6) is 0 Å². The Labute approximate surface area is 173 Å². The lowest BCUT2D eigenvalue weighted by molar-refractivity contribution is -0.117. The number of nitrogens with one attached hydrogen (secondary N) is 2. The van der Waals surface area contributed by atoms with Crippen LogP contribution in [0.25, 0.3) is 0 Å². The minimum absolute atomic E-state index is 0.0369. The minimum atomic E-state index is -3.78. The maximum atomic E-state index is 13.4.